The molecule has 0 fully saturated rings. The van der Waals surface area contributed by atoms with Crippen molar-refractivity contribution in [2.75, 3.05) is 0 Å². The van der Waals surface area contributed by atoms with Gasteiger partial charge in [-0.3, -0.25) is 9.78 Å². The average Bonchev–Trinajstić information content (AvgIpc) is 2.28. The standard InChI is InChI=1S/C12H17N3OS/c1-4-12(2,3)15-11(16)9-6-5-8(7-14-9)10(13)17/h5-7H,4H2,1-3H3,(H2,13,17)(H,15,16). The van der Waals surface area contributed by atoms with Crippen molar-refractivity contribution >= 4 is 23.1 Å². The van der Waals surface area contributed by atoms with Gasteiger partial charge in [0.15, 0.2) is 0 Å². The third kappa shape index (κ3) is 3.78. The molecule has 1 heterocycles. The molecule has 0 aliphatic carbocycles. The molecule has 1 aromatic rings. The third-order valence-corrected chi connectivity index (χ3v) is 2.85. The summed E-state index contributed by atoms with van der Waals surface area (Å²) in [5, 5.41) is 2.91. The van der Waals surface area contributed by atoms with Crippen molar-refractivity contribution in [3.05, 3.63) is 29.6 Å². The predicted molar refractivity (Wildman–Crippen MR) is 72.0 cm³/mol. The quantitative estimate of drug-likeness (QED) is 0.798. The summed E-state index contributed by atoms with van der Waals surface area (Å²) in [6.45, 7) is 5.95. The van der Waals surface area contributed by atoms with Crippen LogP contribution in [0.15, 0.2) is 18.3 Å². The zero-order valence-electron chi connectivity index (χ0n) is 10.3. The van der Waals surface area contributed by atoms with Gasteiger partial charge >= 0.3 is 0 Å². The van der Waals surface area contributed by atoms with Crippen molar-refractivity contribution in [1.82, 2.24) is 10.3 Å². The lowest BCUT2D eigenvalue weighted by atomic mass is 10.0. The van der Waals surface area contributed by atoms with E-state index in [1.807, 2.05) is 20.8 Å². The second-order valence-electron chi connectivity index (χ2n) is 4.49. The van der Waals surface area contributed by atoms with Gasteiger partial charge in [0.2, 0.25) is 0 Å². The van der Waals surface area contributed by atoms with Crippen LogP contribution in [0.4, 0.5) is 0 Å². The van der Waals surface area contributed by atoms with E-state index in [9.17, 15) is 4.79 Å². The lowest BCUT2D eigenvalue weighted by Crippen LogP contribution is -2.43. The molecular weight excluding hydrogens is 234 g/mol. The van der Waals surface area contributed by atoms with E-state index in [2.05, 4.69) is 10.3 Å². The first-order chi connectivity index (χ1) is 7.85. The van der Waals surface area contributed by atoms with Gasteiger partial charge < -0.3 is 11.1 Å². The van der Waals surface area contributed by atoms with E-state index in [1.54, 1.807) is 12.1 Å². The van der Waals surface area contributed by atoms with E-state index in [1.165, 1.54) is 6.20 Å². The summed E-state index contributed by atoms with van der Waals surface area (Å²) in [6.07, 6.45) is 2.36. The summed E-state index contributed by atoms with van der Waals surface area (Å²) >= 11 is 4.81. The van der Waals surface area contributed by atoms with E-state index < -0.39 is 0 Å². The largest absolute Gasteiger partial charge is 0.389 e. The van der Waals surface area contributed by atoms with Crippen LogP contribution in [-0.2, 0) is 0 Å². The Hall–Kier alpha value is -1.49. The molecule has 0 saturated carbocycles. The average molecular weight is 251 g/mol. The summed E-state index contributed by atoms with van der Waals surface area (Å²) in [7, 11) is 0. The van der Waals surface area contributed by atoms with Crippen LogP contribution in [0.2, 0.25) is 0 Å². The highest BCUT2D eigenvalue weighted by Crippen LogP contribution is 2.08. The van der Waals surface area contributed by atoms with Gasteiger partial charge in [-0.25, -0.2) is 0 Å². The van der Waals surface area contributed by atoms with E-state index in [0.29, 0.717) is 11.3 Å². The lowest BCUT2D eigenvalue weighted by Gasteiger charge is -2.24. The molecule has 3 N–H and O–H groups in total. The number of amides is 1. The van der Waals surface area contributed by atoms with Gasteiger partial charge in [-0.2, -0.15) is 0 Å². The van der Waals surface area contributed by atoms with Crippen LogP contribution in [0.5, 0.6) is 0 Å². The molecular formula is C12H17N3OS. The van der Waals surface area contributed by atoms with Crippen LogP contribution < -0.4 is 11.1 Å². The molecule has 0 aliphatic heterocycles. The molecule has 0 spiro atoms. The Kier molecular flexibility index (Phi) is 4.17. The van der Waals surface area contributed by atoms with Gasteiger partial charge in [-0.05, 0) is 32.4 Å². The second kappa shape index (κ2) is 5.23. The summed E-state index contributed by atoms with van der Waals surface area (Å²) < 4.78 is 0. The van der Waals surface area contributed by atoms with Crippen LogP contribution >= 0.6 is 12.2 Å². The van der Waals surface area contributed by atoms with Crippen molar-refractivity contribution in [1.29, 1.82) is 0 Å². The van der Waals surface area contributed by atoms with Crippen LogP contribution in [0.3, 0.4) is 0 Å². The van der Waals surface area contributed by atoms with Crippen molar-refractivity contribution < 1.29 is 4.79 Å². The Morgan fingerprint density at radius 2 is 2.18 bits per heavy atom. The smallest absolute Gasteiger partial charge is 0.270 e. The highest BCUT2D eigenvalue weighted by molar-refractivity contribution is 7.80. The van der Waals surface area contributed by atoms with Crippen LogP contribution in [0, 0.1) is 0 Å². The molecule has 92 valence electrons. The van der Waals surface area contributed by atoms with Crippen LogP contribution in [0.1, 0.15) is 43.2 Å². The van der Waals surface area contributed by atoms with Gasteiger partial charge in [0.1, 0.15) is 10.7 Å². The highest BCUT2D eigenvalue weighted by Gasteiger charge is 2.19. The maximum atomic E-state index is 11.9. The van der Waals surface area contributed by atoms with E-state index in [0.717, 1.165) is 6.42 Å². The maximum absolute atomic E-state index is 11.9. The minimum atomic E-state index is -0.236. The molecule has 1 amide bonds. The molecule has 1 rings (SSSR count). The van der Waals surface area contributed by atoms with Gasteiger partial charge in [0.05, 0.1) is 0 Å². The first-order valence-electron chi connectivity index (χ1n) is 5.44. The molecule has 1 aromatic heterocycles. The molecule has 0 unspecified atom stereocenters. The highest BCUT2D eigenvalue weighted by atomic mass is 32.1. The number of nitrogens with zero attached hydrogens (tertiary/aromatic N) is 1. The number of pyridine rings is 1. The summed E-state index contributed by atoms with van der Waals surface area (Å²) in [6, 6.07) is 3.32. The summed E-state index contributed by atoms with van der Waals surface area (Å²) in [4.78, 5) is 16.2. The number of thiocarbonyl (C=S) groups is 1. The zero-order valence-corrected chi connectivity index (χ0v) is 11.1. The van der Waals surface area contributed by atoms with E-state index in [4.69, 9.17) is 18.0 Å². The van der Waals surface area contributed by atoms with E-state index in [-0.39, 0.29) is 16.4 Å². The number of nitrogens with two attached hydrogens (primary N) is 1. The SMILES string of the molecule is CCC(C)(C)NC(=O)c1ccc(C(N)=S)cn1. The molecule has 0 radical (unpaired) electrons. The molecule has 0 atom stereocenters. The van der Waals surface area contributed by atoms with Crippen molar-refractivity contribution in [3.8, 4) is 0 Å². The molecule has 0 aromatic carbocycles. The van der Waals surface area contributed by atoms with Crippen molar-refractivity contribution in [2.24, 2.45) is 5.73 Å². The number of carbonyl (C=O) groups is 1. The Labute approximate surface area is 107 Å². The monoisotopic (exact) mass is 251 g/mol. The summed E-state index contributed by atoms with van der Waals surface area (Å²) in [5.74, 6) is -0.189. The summed E-state index contributed by atoms with van der Waals surface area (Å²) in [5.41, 5.74) is 6.24. The predicted octanol–water partition coefficient (Wildman–Crippen LogP) is 1.63. The Balaban J connectivity index is 2.80. The maximum Gasteiger partial charge on any atom is 0.270 e. The number of rotatable bonds is 4. The van der Waals surface area contributed by atoms with Gasteiger partial charge in [-0.15, -0.1) is 0 Å². The topological polar surface area (TPSA) is 68.0 Å². The molecule has 5 heteroatoms. The first kappa shape index (κ1) is 13.6. The first-order valence-corrected chi connectivity index (χ1v) is 5.85. The fourth-order valence-corrected chi connectivity index (χ4v) is 1.25. The Bertz CT molecular complexity index is 426. The zero-order chi connectivity index (χ0) is 13.1. The van der Waals surface area contributed by atoms with Gasteiger partial charge in [0, 0.05) is 17.3 Å². The van der Waals surface area contributed by atoms with Crippen molar-refractivity contribution in [2.45, 2.75) is 32.7 Å². The number of aromatic nitrogens is 1. The molecule has 4 nitrogen and oxygen atoms in total. The Morgan fingerprint density at radius 1 is 1.53 bits per heavy atom. The molecule has 0 aliphatic rings. The third-order valence-electron chi connectivity index (χ3n) is 2.62. The van der Waals surface area contributed by atoms with E-state index >= 15 is 0 Å². The number of carbonyl (C=O) groups excluding carboxylic acids is 1. The second-order valence-corrected chi connectivity index (χ2v) is 4.93. The van der Waals surface area contributed by atoms with Gasteiger partial charge in [0.25, 0.3) is 5.91 Å². The van der Waals surface area contributed by atoms with Gasteiger partial charge in [-0.1, -0.05) is 19.1 Å². The van der Waals surface area contributed by atoms with Crippen LogP contribution in [0.25, 0.3) is 0 Å². The lowest BCUT2D eigenvalue weighted by molar-refractivity contribution is 0.0906. The molecule has 0 bridgehead atoms. The van der Waals surface area contributed by atoms with Crippen molar-refractivity contribution in [3.63, 3.8) is 0 Å². The number of hydrogen-bond donors (Lipinski definition) is 2. The fourth-order valence-electron chi connectivity index (χ4n) is 1.13. The number of hydrogen-bond acceptors (Lipinski definition) is 3. The Morgan fingerprint density at radius 3 is 2.59 bits per heavy atom. The molecule has 0 saturated heterocycles. The van der Waals surface area contributed by atoms with Crippen LogP contribution in [-0.4, -0.2) is 21.4 Å². The minimum Gasteiger partial charge on any atom is -0.389 e. The number of nitrogens with one attached hydrogen (secondary N) is 1. The molecule has 17 heavy (non-hydrogen) atoms. The minimum absolute atomic E-state index is 0.189. The normalized spacial score (nSPS) is 11.0. The fraction of sp³-hybridized carbons (Fsp3) is 0.417.